The third-order valence-corrected chi connectivity index (χ3v) is 5.14. The van der Waals surface area contributed by atoms with Gasteiger partial charge in [0.1, 0.15) is 11.6 Å². The number of aromatic nitrogens is 1. The molecule has 3 N–H and O–H groups in total. The third-order valence-electron chi connectivity index (χ3n) is 2.80. The Morgan fingerprint density at radius 3 is 2.71 bits per heavy atom. The number of rotatable bonds is 5. The van der Waals surface area contributed by atoms with Crippen LogP contribution < -0.4 is 10.5 Å². The summed E-state index contributed by atoms with van der Waals surface area (Å²) in [7, 11) is -3.82. The molecule has 1 heterocycles. The predicted octanol–water partition coefficient (Wildman–Crippen LogP) is 2.63. The summed E-state index contributed by atoms with van der Waals surface area (Å²) in [6, 6.07) is 2.66. The molecule has 0 aliphatic rings. The van der Waals surface area contributed by atoms with Crippen LogP contribution in [-0.2, 0) is 10.0 Å². The minimum atomic E-state index is -3.82. The maximum atomic E-state index is 13.8. The lowest BCUT2D eigenvalue weighted by atomic mass is 10.0. The van der Waals surface area contributed by atoms with Crippen LogP contribution >= 0.6 is 11.3 Å². The van der Waals surface area contributed by atoms with E-state index < -0.39 is 27.7 Å². The fraction of sp³-hybridized carbons (Fsp3) is 0.250. The summed E-state index contributed by atoms with van der Waals surface area (Å²) >= 11 is 0.837. The summed E-state index contributed by atoms with van der Waals surface area (Å²) in [6.45, 7) is 1.79. The fourth-order valence-electron chi connectivity index (χ4n) is 1.79. The second kappa shape index (κ2) is 6.04. The Labute approximate surface area is 124 Å². The highest BCUT2D eigenvalue weighted by Gasteiger charge is 2.18. The van der Waals surface area contributed by atoms with Gasteiger partial charge in [0, 0.05) is 5.56 Å². The van der Waals surface area contributed by atoms with Crippen LogP contribution in [0.3, 0.4) is 0 Å². The Balaban J connectivity index is 2.27. The van der Waals surface area contributed by atoms with Gasteiger partial charge in [-0.25, -0.2) is 27.3 Å². The first-order chi connectivity index (χ1) is 9.81. The number of nitrogens with two attached hydrogens (primary N) is 1. The normalized spacial score (nSPS) is 13.1. The van der Waals surface area contributed by atoms with Crippen molar-refractivity contribution < 1.29 is 17.2 Å². The molecule has 9 heteroatoms. The minimum absolute atomic E-state index is 0.0976. The van der Waals surface area contributed by atoms with Crippen LogP contribution in [0.2, 0.25) is 0 Å². The lowest BCUT2D eigenvalue weighted by molar-refractivity contribution is 0.567. The largest absolute Gasteiger partial charge is 0.355 e. The topological polar surface area (TPSA) is 85.1 Å². The van der Waals surface area contributed by atoms with Crippen molar-refractivity contribution in [3.05, 3.63) is 41.6 Å². The molecule has 21 heavy (non-hydrogen) atoms. The molecule has 1 atom stereocenters. The standard InChI is InChI=1S/C12H13F2N3O2S2/c1-2-10(8-5-7(13)3-4-9(8)14)17-12-16-6-11(20-12)21(15,18)19/h3-6,10H,2H2,1H3,(H,16,17)(H2,15,18,19)/t10-/m0/s1. The maximum absolute atomic E-state index is 13.8. The van der Waals surface area contributed by atoms with Crippen molar-refractivity contribution in [2.45, 2.75) is 23.6 Å². The van der Waals surface area contributed by atoms with Crippen LogP contribution in [0.1, 0.15) is 24.9 Å². The second-order valence-corrected chi connectivity index (χ2v) is 7.12. The zero-order valence-corrected chi connectivity index (χ0v) is 12.6. The van der Waals surface area contributed by atoms with E-state index in [0.29, 0.717) is 6.42 Å². The molecule has 0 bridgehead atoms. The molecule has 0 aliphatic carbocycles. The van der Waals surface area contributed by atoms with Crippen molar-refractivity contribution in [3.63, 3.8) is 0 Å². The minimum Gasteiger partial charge on any atom is -0.355 e. The first-order valence-electron chi connectivity index (χ1n) is 6.01. The molecule has 0 spiro atoms. The predicted molar refractivity (Wildman–Crippen MR) is 76.5 cm³/mol. The molecule has 0 unspecified atom stereocenters. The quantitative estimate of drug-likeness (QED) is 0.881. The van der Waals surface area contributed by atoms with Gasteiger partial charge in [-0.2, -0.15) is 0 Å². The molecule has 0 aliphatic heterocycles. The Bertz CT molecular complexity index is 747. The maximum Gasteiger partial charge on any atom is 0.249 e. The van der Waals surface area contributed by atoms with Crippen LogP contribution in [0, 0.1) is 11.6 Å². The average Bonchev–Trinajstić information content (AvgIpc) is 2.87. The van der Waals surface area contributed by atoms with Crippen molar-refractivity contribution in [2.24, 2.45) is 5.14 Å². The van der Waals surface area contributed by atoms with Gasteiger partial charge < -0.3 is 5.32 Å². The number of nitrogens with zero attached hydrogens (tertiary/aromatic N) is 1. The van der Waals surface area contributed by atoms with Gasteiger partial charge in [0.05, 0.1) is 12.2 Å². The van der Waals surface area contributed by atoms with Crippen LogP contribution in [0.4, 0.5) is 13.9 Å². The van der Waals surface area contributed by atoms with E-state index in [2.05, 4.69) is 10.3 Å². The first-order valence-corrected chi connectivity index (χ1v) is 8.37. The summed E-state index contributed by atoms with van der Waals surface area (Å²) < 4.78 is 49.3. The monoisotopic (exact) mass is 333 g/mol. The van der Waals surface area contributed by atoms with Crippen LogP contribution in [0.25, 0.3) is 0 Å². The van der Waals surface area contributed by atoms with Gasteiger partial charge in [-0.1, -0.05) is 18.3 Å². The number of anilines is 1. The van der Waals surface area contributed by atoms with Gasteiger partial charge in [-0.15, -0.1) is 0 Å². The number of benzene rings is 1. The lowest BCUT2D eigenvalue weighted by Crippen LogP contribution is -2.12. The number of hydrogen-bond acceptors (Lipinski definition) is 5. The van der Waals surface area contributed by atoms with E-state index in [-0.39, 0.29) is 14.9 Å². The Hall–Kier alpha value is -1.58. The molecule has 2 rings (SSSR count). The van der Waals surface area contributed by atoms with Gasteiger partial charge in [0.2, 0.25) is 10.0 Å². The number of thiazole rings is 1. The average molecular weight is 333 g/mol. The number of nitrogens with one attached hydrogen (secondary N) is 1. The van der Waals surface area contributed by atoms with Crippen molar-refractivity contribution in [1.82, 2.24) is 4.98 Å². The molecule has 0 saturated heterocycles. The molecule has 114 valence electrons. The van der Waals surface area contributed by atoms with E-state index in [1.165, 1.54) is 0 Å². The van der Waals surface area contributed by atoms with Gasteiger partial charge in [0.15, 0.2) is 9.34 Å². The highest BCUT2D eigenvalue weighted by Crippen LogP contribution is 2.29. The van der Waals surface area contributed by atoms with Gasteiger partial charge in [0.25, 0.3) is 0 Å². The molecule has 0 radical (unpaired) electrons. The highest BCUT2D eigenvalue weighted by molar-refractivity contribution is 7.91. The molecular formula is C12H13F2N3O2S2. The fourth-order valence-corrected chi connectivity index (χ4v) is 3.29. The van der Waals surface area contributed by atoms with Crippen LogP contribution in [-0.4, -0.2) is 13.4 Å². The van der Waals surface area contributed by atoms with Crippen molar-refractivity contribution in [3.8, 4) is 0 Å². The second-order valence-electron chi connectivity index (χ2n) is 4.30. The summed E-state index contributed by atoms with van der Waals surface area (Å²) in [5.74, 6) is -1.09. The lowest BCUT2D eigenvalue weighted by Gasteiger charge is -2.17. The van der Waals surface area contributed by atoms with Crippen molar-refractivity contribution >= 4 is 26.5 Å². The zero-order chi connectivity index (χ0) is 15.6. The van der Waals surface area contributed by atoms with Crippen molar-refractivity contribution in [2.75, 3.05) is 5.32 Å². The van der Waals surface area contributed by atoms with E-state index in [9.17, 15) is 17.2 Å². The number of sulfonamides is 1. The summed E-state index contributed by atoms with van der Waals surface area (Å²) in [5.41, 5.74) is 0.157. The molecule has 1 aromatic carbocycles. The van der Waals surface area contributed by atoms with E-state index in [0.717, 1.165) is 35.7 Å². The summed E-state index contributed by atoms with van der Waals surface area (Å²) in [5, 5.41) is 8.15. The zero-order valence-electron chi connectivity index (χ0n) is 11.0. The number of hydrogen-bond donors (Lipinski definition) is 2. The molecule has 2 aromatic rings. The van der Waals surface area contributed by atoms with Crippen molar-refractivity contribution in [1.29, 1.82) is 0 Å². The highest BCUT2D eigenvalue weighted by atomic mass is 32.2. The van der Waals surface area contributed by atoms with Crippen LogP contribution in [0.5, 0.6) is 0 Å². The molecule has 0 fully saturated rings. The first kappa shape index (κ1) is 15.8. The Morgan fingerprint density at radius 1 is 1.43 bits per heavy atom. The van der Waals surface area contributed by atoms with E-state index in [1.54, 1.807) is 6.92 Å². The summed E-state index contributed by atoms with van der Waals surface area (Å²) in [6.07, 6.45) is 1.58. The smallest absolute Gasteiger partial charge is 0.249 e. The third kappa shape index (κ3) is 3.74. The van der Waals surface area contributed by atoms with Gasteiger partial charge >= 0.3 is 0 Å². The molecule has 5 nitrogen and oxygen atoms in total. The molecule has 0 amide bonds. The van der Waals surface area contributed by atoms with E-state index in [1.807, 2.05) is 0 Å². The molecule has 1 aromatic heterocycles. The van der Waals surface area contributed by atoms with Gasteiger partial charge in [-0.05, 0) is 24.6 Å². The molecule has 0 saturated carbocycles. The summed E-state index contributed by atoms with van der Waals surface area (Å²) in [4.78, 5) is 3.88. The molecular weight excluding hydrogens is 320 g/mol. The number of halogens is 2. The van der Waals surface area contributed by atoms with Crippen LogP contribution in [0.15, 0.2) is 28.6 Å². The number of primary sulfonamides is 1. The Morgan fingerprint density at radius 2 is 2.14 bits per heavy atom. The Kier molecular flexibility index (Phi) is 4.55. The van der Waals surface area contributed by atoms with E-state index >= 15 is 0 Å². The van der Waals surface area contributed by atoms with E-state index in [4.69, 9.17) is 5.14 Å². The SMILES string of the molecule is CC[C@H](Nc1ncc(S(N)(=O)=O)s1)c1cc(F)ccc1F. The van der Waals surface area contributed by atoms with Gasteiger partial charge in [-0.3, -0.25) is 0 Å².